The van der Waals surface area contributed by atoms with Crippen LogP contribution in [0.3, 0.4) is 0 Å². The maximum absolute atomic E-state index is 9.04. The van der Waals surface area contributed by atoms with Crippen molar-refractivity contribution in [3.8, 4) is 11.5 Å². The number of hydrogen-bond acceptors (Lipinski definition) is 2. The quantitative estimate of drug-likeness (QED) is 0.641. The standard InChI is InChI=1S/C8H10O.C7H7BrO.2CH4/c1-6-3-4-8(9)7(2)5-6;1-5-4-6(8)2-3-7(5)9;;/h3-5,9H,1-2H3;2-4,9H,1H3;2*1H4. The van der Waals surface area contributed by atoms with Crippen molar-refractivity contribution in [2.75, 3.05) is 0 Å². The van der Waals surface area contributed by atoms with Crippen molar-refractivity contribution in [1.29, 1.82) is 0 Å². The van der Waals surface area contributed by atoms with E-state index in [2.05, 4.69) is 15.9 Å². The molecule has 0 aliphatic heterocycles. The first-order chi connectivity index (χ1) is 8.40. The number of rotatable bonds is 0. The Morgan fingerprint density at radius 1 is 0.750 bits per heavy atom. The monoisotopic (exact) mass is 340 g/mol. The van der Waals surface area contributed by atoms with Crippen LogP contribution in [0.4, 0.5) is 0 Å². The molecule has 0 atom stereocenters. The van der Waals surface area contributed by atoms with Gasteiger partial charge in [-0.3, -0.25) is 0 Å². The molecule has 2 N–H and O–H groups in total. The normalized spacial score (nSPS) is 8.60. The van der Waals surface area contributed by atoms with Gasteiger partial charge in [0, 0.05) is 4.47 Å². The number of hydrogen-bond donors (Lipinski definition) is 2. The average Bonchev–Trinajstić information content (AvgIpc) is 2.30. The zero-order valence-corrected chi connectivity index (χ0v) is 12.3. The van der Waals surface area contributed by atoms with Crippen molar-refractivity contribution in [2.24, 2.45) is 0 Å². The van der Waals surface area contributed by atoms with Crippen molar-refractivity contribution >= 4 is 15.9 Å². The van der Waals surface area contributed by atoms with Crippen LogP contribution in [0, 0.1) is 20.8 Å². The van der Waals surface area contributed by atoms with Crippen molar-refractivity contribution in [3.63, 3.8) is 0 Å². The minimum absolute atomic E-state index is 0. The summed E-state index contributed by atoms with van der Waals surface area (Å²) in [6.45, 7) is 5.76. The summed E-state index contributed by atoms with van der Waals surface area (Å²) in [5.74, 6) is 0.721. The highest BCUT2D eigenvalue weighted by atomic mass is 79.9. The van der Waals surface area contributed by atoms with E-state index in [9.17, 15) is 0 Å². The van der Waals surface area contributed by atoms with Gasteiger partial charge in [-0.05, 0) is 56.2 Å². The molecule has 3 heteroatoms. The Labute approximate surface area is 131 Å². The number of aromatic hydroxyl groups is 2. The Kier molecular flexibility index (Phi) is 9.82. The van der Waals surface area contributed by atoms with Gasteiger partial charge in [-0.25, -0.2) is 0 Å². The largest absolute Gasteiger partial charge is 0.508 e. The lowest BCUT2D eigenvalue weighted by Gasteiger charge is -1.97. The molecule has 0 bridgehead atoms. The first-order valence-electron chi connectivity index (χ1n) is 5.61. The number of aryl methyl sites for hydroxylation is 3. The Balaban J connectivity index is 0. The summed E-state index contributed by atoms with van der Waals surface area (Å²) in [6, 6.07) is 10.9. The highest BCUT2D eigenvalue weighted by Crippen LogP contribution is 2.20. The van der Waals surface area contributed by atoms with Crippen LogP contribution < -0.4 is 0 Å². The predicted octanol–water partition coefficient (Wildman–Crippen LogP) is 5.74. The maximum atomic E-state index is 9.04. The van der Waals surface area contributed by atoms with Crippen LogP contribution in [0.1, 0.15) is 31.5 Å². The molecule has 2 rings (SSSR count). The molecular weight excluding hydrogens is 316 g/mol. The molecule has 2 nitrogen and oxygen atoms in total. The summed E-state index contributed by atoms with van der Waals surface area (Å²) in [6.07, 6.45) is 0. The summed E-state index contributed by atoms with van der Waals surface area (Å²) < 4.78 is 0.998. The predicted molar refractivity (Wildman–Crippen MR) is 91.6 cm³/mol. The lowest BCUT2D eigenvalue weighted by atomic mass is 10.1. The minimum atomic E-state index is 0. The van der Waals surface area contributed by atoms with Gasteiger partial charge in [-0.2, -0.15) is 0 Å². The molecule has 0 aliphatic rings. The van der Waals surface area contributed by atoms with Gasteiger partial charge in [0.15, 0.2) is 0 Å². The highest BCUT2D eigenvalue weighted by molar-refractivity contribution is 9.10. The average molecular weight is 341 g/mol. The van der Waals surface area contributed by atoms with Gasteiger partial charge >= 0.3 is 0 Å². The Hall–Kier alpha value is -1.48. The topological polar surface area (TPSA) is 40.5 Å². The van der Waals surface area contributed by atoms with Gasteiger partial charge in [-0.15, -0.1) is 0 Å². The van der Waals surface area contributed by atoms with E-state index in [0.717, 1.165) is 15.6 Å². The smallest absolute Gasteiger partial charge is 0.118 e. The number of halogens is 1. The van der Waals surface area contributed by atoms with Crippen LogP contribution in [-0.4, -0.2) is 10.2 Å². The van der Waals surface area contributed by atoms with E-state index in [4.69, 9.17) is 10.2 Å². The van der Waals surface area contributed by atoms with Crippen LogP contribution in [0.25, 0.3) is 0 Å². The zero-order chi connectivity index (χ0) is 13.7. The molecule has 2 aromatic carbocycles. The molecule has 0 saturated heterocycles. The third-order valence-corrected chi connectivity index (χ3v) is 3.00. The first-order valence-corrected chi connectivity index (χ1v) is 6.41. The third kappa shape index (κ3) is 6.62. The molecule has 0 amide bonds. The Bertz CT molecular complexity index is 487. The van der Waals surface area contributed by atoms with Crippen LogP contribution >= 0.6 is 15.9 Å². The van der Waals surface area contributed by atoms with Gasteiger partial charge in [0.25, 0.3) is 0 Å². The first kappa shape index (κ1) is 20.8. The fourth-order valence-electron chi connectivity index (χ4n) is 1.42. The van der Waals surface area contributed by atoms with Crippen molar-refractivity contribution < 1.29 is 10.2 Å². The van der Waals surface area contributed by atoms with E-state index >= 15 is 0 Å². The molecule has 0 unspecified atom stereocenters. The molecule has 0 spiro atoms. The van der Waals surface area contributed by atoms with E-state index in [0.29, 0.717) is 11.5 Å². The second kappa shape index (κ2) is 9.43. The third-order valence-electron chi connectivity index (χ3n) is 2.51. The number of phenolic OH excluding ortho intramolecular Hbond substituents is 2. The van der Waals surface area contributed by atoms with Gasteiger partial charge in [0.1, 0.15) is 11.5 Å². The van der Waals surface area contributed by atoms with Crippen LogP contribution in [0.2, 0.25) is 0 Å². The Morgan fingerprint density at radius 2 is 1.20 bits per heavy atom. The van der Waals surface area contributed by atoms with Gasteiger partial charge in [-0.1, -0.05) is 48.5 Å². The van der Waals surface area contributed by atoms with E-state index in [-0.39, 0.29) is 14.9 Å². The number of benzene rings is 2. The summed E-state index contributed by atoms with van der Waals surface area (Å²) in [4.78, 5) is 0. The van der Waals surface area contributed by atoms with Crippen molar-refractivity contribution in [3.05, 3.63) is 57.6 Å². The second-order valence-electron chi connectivity index (χ2n) is 4.22. The lowest BCUT2D eigenvalue weighted by molar-refractivity contribution is 0.470. The number of phenols is 2. The molecule has 2 aromatic rings. The van der Waals surface area contributed by atoms with E-state index in [1.165, 1.54) is 5.56 Å². The molecule has 0 heterocycles. The maximum Gasteiger partial charge on any atom is 0.118 e. The minimum Gasteiger partial charge on any atom is -0.508 e. The van der Waals surface area contributed by atoms with E-state index < -0.39 is 0 Å². The van der Waals surface area contributed by atoms with Gasteiger partial charge < -0.3 is 10.2 Å². The summed E-state index contributed by atoms with van der Waals surface area (Å²) in [5.41, 5.74) is 3.02. The molecule has 0 saturated carbocycles. The van der Waals surface area contributed by atoms with Crippen molar-refractivity contribution in [1.82, 2.24) is 0 Å². The fraction of sp³-hybridized carbons (Fsp3) is 0.294. The molecule has 0 radical (unpaired) electrons. The fourth-order valence-corrected chi connectivity index (χ4v) is 1.90. The van der Waals surface area contributed by atoms with Crippen LogP contribution in [0.5, 0.6) is 11.5 Å². The molecule has 112 valence electrons. The molecule has 0 aliphatic carbocycles. The molecule has 0 aromatic heterocycles. The van der Waals surface area contributed by atoms with E-state index in [1.54, 1.807) is 12.1 Å². The zero-order valence-electron chi connectivity index (χ0n) is 10.7. The van der Waals surface area contributed by atoms with Crippen LogP contribution in [0.15, 0.2) is 40.9 Å². The lowest BCUT2D eigenvalue weighted by Crippen LogP contribution is -1.75. The molecule has 20 heavy (non-hydrogen) atoms. The summed E-state index contributed by atoms with van der Waals surface area (Å²) in [5, 5.41) is 18.1. The van der Waals surface area contributed by atoms with Crippen LogP contribution in [-0.2, 0) is 0 Å². The van der Waals surface area contributed by atoms with Gasteiger partial charge in [0.2, 0.25) is 0 Å². The van der Waals surface area contributed by atoms with Gasteiger partial charge in [0.05, 0.1) is 0 Å². The van der Waals surface area contributed by atoms with Crippen molar-refractivity contribution in [2.45, 2.75) is 35.6 Å². The highest BCUT2D eigenvalue weighted by Gasteiger charge is 1.93. The SMILES string of the molecule is C.C.Cc1cc(Br)ccc1O.Cc1ccc(O)c(C)c1. The molecule has 0 fully saturated rings. The second-order valence-corrected chi connectivity index (χ2v) is 5.14. The molecular formula is C17H25BrO2. The van der Waals surface area contributed by atoms with E-state index in [1.807, 2.05) is 45.0 Å². The Morgan fingerprint density at radius 3 is 1.55 bits per heavy atom. The summed E-state index contributed by atoms with van der Waals surface area (Å²) in [7, 11) is 0. The summed E-state index contributed by atoms with van der Waals surface area (Å²) >= 11 is 3.29.